The van der Waals surface area contributed by atoms with Gasteiger partial charge in [0.1, 0.15) is 5.78 Å². The zero-order valence-corrected chi connectivity index (χ0v) is 10.0. The Labute approximate surface area is 91.2 Å². The van der Waals surface area contributed by atoms with E-state index in [0.717, 1.165) is 0 Å². The molecule has 4 nitrogen and oxygen atoms in total. The van der Waals surface area contributed by atoms with Crippen LogP contribution in [0.15, 0.2) is 0 Å². The molecule has 0 aromatic rings. The van der Waals surface area contributed by atoms with E-state index in [4.69, 9.17) is 0 Å². The van der Waals surface area contributed by atoms with Gasteiger partial charge in [0.25, 0.3) is 0 Å². The van der Waals surface area contributed by atoms with Gasteiger partial charge in [-0.15, -0.1) is 0 Å². The Bertz CT molecular complexity index is 226. The van der Waals surface area contributed by atoms with Crippen molar-refractivity contribution in [1.29, 1.82) is 0 Å². The molecule has 1 aliphatic rings. The number of rotatable bonds is 2. The maximum atomic E-state index is 11.1. The Morgan fingerprint density at radius 2 is 1.93 bits per heavy atom. The van der Waals surface area contributed by atoms with E-state index in [1.807, 2.05) is 27.7 Å². The molecule has 1 rings (SSSR count). The molecule has 1 fully saturated rings. The molecule has 88 valence electrons. The fourth-order valence-corrected chi connectivity index (χ4v) is 1.97. The van der Waals surface area contributed by atoms with Crippen molar-refractivity contribution in [3.8, 4) is 0 Å². The number of ketones is 1. The second-order valence-corrected chi connectivity index (χ2v) is 4.04. The van der Waals surface area contributed by atoms with Crippen molar-refractivity contribution in [2.45, 2.75) is 53.0 Å². The van der Waals surface area contributed by atoms with Crippen LogP contribution < -0.4 is 0 Å². The van der Waals surface area contributed by atoms with E-state index < -0.39 is 6.04 Å². The normalized spacial score (nSPS) is 25.8. The van der Waals surface area contributed by atoms with Crippen LogP contribution in [-0.2, 0) is 4.79 Å². The minimum atomic E-state index is -0.502. The summed E-state index contributed by atoms with van der Waals surface area (Å²) >= 11 is 0. The van der Waals surface area contributed by atoms with Crippen molar-refractivity contribution in [2.75, 3.05) is 0 Å². The van der Waals surface area contributed by atoms with E-state index in [1.165, 1.54) is 0 Å². The largest absolute Gasteiger partial charge is 0.300 e. The molecular weight excluding hydrogens is 194 g/mol. The second kappa shape index (κ2) is 6.53. The Hall–Kier alpha value is -0.930. The lowest BCUT2D eigenvalue weighted by Gasteiger charge is -2.27. The first-order valence-electron chi connectivity index (χ1n) is 5.67. The zero-order valence-electron chi connectivity index (χ0n) is 10.0. The van der Waals surface area contributed by atoms with Gasteiger partial charge in [-0.1, -0.05) is 27.7 Å². The molecular formula is C11H21NO3. The van der Waals surface area contributed by atoms with Crippen LogP contribution in [0.3, 0.4) is 0 Å². The van der Waals surface area contributed by atoms with Crippen molar-refractivity contribution in [2.24, 2.45) is 11.8 Å². The fourth-order valence-electron chi connectivity index (χ4n) is 1.97. The summed E-state index contributed by atoms with van der Waals surface area (Å²) in [5.74, 6) is 0.340. The molecule has 0 aromatic carbocycles. The van der Waals surface area contributed by atoms with Crippen molar-refractivity contribution >= 4 is 5.78 Å². The molecule has 0 aromatic heterocycles. The molecule has 0 saturated heterocycles. The standard InChI is InChI=1S/C9H15NO3.C2H6/c1-6(2)8-5-7(11)3-4-9(8)10(12)13;1-2/h6,8-9H,3-5H2,1-2H3;1-2H3. The van der Waals surface area contributed by atoms with Gasteiger partial charge in [-0.05, 0) is 5.92 Å². The van der Waals surface area contributed by atoms with Crippen molar-refractivity contribution in [3.63, 3.8) is 0 Å². The third kappa shape index (κ3) is 3.98. The van der Waals surface area contributed by atoms with Gasteiger partial charge in [0, 0.05) is 30.1 Å². The number of hydrogen-bond acceptors (Lipinski definition) is 3. The summed E-state index contributed by atoms with van der Waals surface area (Å²) in [5, 5.41) is 10.7. The lowest BCUT2D eigenvalue weighted by Crippen LogP contribution is -2.38. The predicted octanol–water partition coefficient (Wildman–Crippen LogP) is 2.68. The van der Waals surface area contributed by atoms with Crippen molar-refractivity contribution < 1.29 is 9.72 Å². The molecule has 15 heavy (non-hydrogen) atoms. The Morgan fingerprint density at radius 1 is 1.40 bits per heavy atom. The second-order valence-electron chi connectivity index (χ2n) is 4.04. The topological polar surface area (TPSA) is 60.2 Å². The highest BCUT2D eigenvalue weighted by atomic mass is 16.6. The van der Waals surface area contributed by atoms with E-state index in [0.29, 0.717) is 19.3 Å². The van der Waals surface area contributed by atoms with Crippen LogP contribution in [0.2, 0.25) is 0 Å². The molecule has 1 saturated carbocycles. The maximum Gasteiger partial charge on any atom is 0.217 e. The van der Waals surface area contributed by atoms with Gasteiger partial charge >= 0.3 is 0 Å². The predicted molar refractivity (Wildman–Crippen MR) is 59.3 cm³/mol. The molecule has 2 unspecified atom stereocenters. The van der Waals surface area contributed by atoms with Gasteiger partial charge < -0.3 is 0 Å². The summed E-state index contributed by atoms with van der Waals surface area (Å²) in [6.07, 6.45) is 1.20. The summed E-state index contributed by atoms with van der Waals surface area (Å²) in [5.41, 5.74) is 0. The maximum absolute atomic E-state index is 11.1. The molecule has 0 aliphatic heterocycles. The highest BCUT2D eigenvalue weighted by molar-refractivity contribution is 5.79. The lowest BCUT2D eigenvalue weighted by atomic mass is 9.77. The molecule has 0 N–H and O–H groups in total. The summed E-state index contributed by atoms with van der Waals surface area (Å²) in [4.78, 5) is 21.6. The molecule has 1 aliphatic carbocycles. The van der Waals surface area contributed by atoms with E-state index in [9.17, 15) is 14.9 Å². The average molecular weight is 215 g/mol. The van der Waals surface area contributed by atoms with Crippen LogP contribution in [0.4, 0.5) is 0 Å². The number of hydrogen-bond donors (Lipinski definition) is 0. The Morgan fingerprint density at radius 3 is 2.33 bits per heavy atom. The minimum absolute atomic E-state index is 0.0590. The molecule has 0 radical (unpaired) electrons. The third-order valence-electron chi connectivity index (χ3n) is 2.80. The number of carbonyl (C=O) groups is 1. The number of nitro groups is 1. The highest BCUT2D eigenvalue weighted by Crippen LogP contribution is 2.29. The molecule has 4 heteroatoms. The van der Waals surface area contributed by atoms with Crippen LogP contribution >= 0.6 is 0 Å². The fraction of sp³-hybridized carbons (Fsp3) is 0.909. The van der Waals surface area contributed by atoms with Gasteiger partial charge in [0.2, 0.25) is 6.04 Å². The van der Waals surface area contributed by atoms with Crippen molar-refractivity contribution in [1.82, 2.24) is 0 Å². The van der Waals surface area contributed by atoms with Crippen LogP contribution in [-0.4, -0.2) is 16.7 Å². The first kappa shape index (κ1) is 14.1. The SMILES string of the molecule is CC.CC(C)C1CC(=O)CCC1[N+](=O)[O-]. The van der Waals surface area contributed by atoms with Crippen LogP contribution in [0.5, 0.6) is 0 Å². The molecule has 2 atom stereocenters. The first-order valence-corrected chi connectivity index (χ1v) is 5.67. The molecule has 0 bridgehead atoms. The Balaban J connectivity index is 0.000000921. The third-order valence-corrected chi connectivity index (χ3v) is 2.80. The summed E-state index contributed by atoms with van der Waals surface area (Å²) < 4.78 is 0. The number of carbonyl (C=O) groups excluding carboxylic acids is 1. The van der Waals surface area contributed by atoms with E-state index in [2.05, 4.69) is 0 Å². The minimum Gasteiger partial charge on any atom is -0.300 e. The summed E-state index contributed by atoms with van der Waals surface area (Å²) in [7, 11) is 0. The van der Waals surface area contributed by atoms with Gasteiger partial charge in [0.15, 0.2) is 0 Å². The number of Topliss-reactive ketones (excluding diaryl/α,β-unsaturated/α-hetero) is 1. The monoisotopic (exact) mass is 215 g/mol. The van der Waals surface area contributed by atoms with Crippen LogP contribution in [0.1, 0.15) is 47.0 Å². The molecule has 0 amide bonds. The zero-order chi connectivity index (χ0) is 12.0. The van der Waals surface area contributed by atoms with Crippen LogP contribution in [0.25, 0.3) is 0 Å². The quantitative estimate of drug-likeness (QED) is 0.525. The van der Waals surface area contributed by atoms with Gasteiger partial charge in [-0.25, -0.2) is 0 Å². The summed E-state index contributed by atoms with van der Waals surface area (Å²) in [6.45, 7) is 7.89. The number of nitrogens with zero attached hydrogens (tertiary/aromatic N) is 1. The van der Waals surface area contributed by atoms with E-state index in [1.54, 1.807) is 0 Å². The first-order chi connectivity index (χ1) is 7.02. The lowest BCUT2D eigenvalue weighted by molar-refractivity contribution is -0.535. The summed E-state index contributed by atoms with van der Waals surface area (Å²) in [6, 6.07) is -0.502. The Kier molecular flexibility index (Phi) is 6.13. The van der Waals surface area contributed by atoms with Gasteiger partial charge in [-0.2, -0.15) is 0 Å². The highest BCUT2D eigenvalue weighted by Gasteiger charge is 2.38. The molecule has 0 heterocycles. The molecule has 0 spiro atoms. The average Bonchev–Trinajstić information content (AvgIpc) is 2.20. The van der Waals surface area contributed by atoms with Gasteiger partial charge in [-0.3, -0.25) is 14.9 Å². The van der Waals surface area contributed by atoms with Crippen molar-refractivity contribution in [3.05, 3.63) is 10.1 Å². The van der Waals surface area contributed by atoms with Gasteiger partial charge in [0.05, 0.1) is 0 Å². The smallest absolute Gasteiger partial charge is 0.217 e. The van der Waals surface area contributed by atoms with E-state index in [-0.39, 0.29) is 22.5 Å². The van der Waals surface area contributed by atoms with E-state index >= 15 is 0 Å². The van der Waals surface area contributed by atoms with Crippen LogP contribution in [0, 0.1) is 22.0 Å².